The summed E-state index contributed by atoms with van der Waals surface area (Å²) in [5.74, 6) is -4.56. The first-order valence-corrected chi connectivity index (χ1v) is 11.1. The largest absolute Gasteiger partial charge is 0.461 e. The first-order valence-electron chi connectivity index (χ1n) is 11.1. The van der Waals surface area contributed by atoms with Crippen molar-refractivity contribution >= 4 is 23.9 Å². The number of hydrogen-bond donors (Lipinski definition) is 1. The third-order valence-corrected chi connectivity index (χ3v) is 7.08. The molecule has 2 aliphatic heterocycles. The SMILES string of the molecule is C=C1C(=O)OC2C1C(OC(=O)C(=CC)COC(C)=O)C(OC(C)=O)C1(CO1)C1C(O)C=C(C)C21. The summed E-state index contributed by atoms with van der Waals surface area (Å²) in [5.41, 5.74) is -0.205. The van der Waals surface area contributed by atoms with Gasteiger partial charge in [0, 0.05) is 31.3 Å². The lowest BCUT2D eigenvalue weighted by atomic mass is 9.76. The predicted molar refractivity (Wildman–Crippen MR) is 114 cm³/mol. The number of carbonyl (C=O) groups is 4. The molecule has 2 heterocycles. The Balaban J connectivity index is 1.77. The lowest BCUT2D eigenvalue weighted by Gasteiger charge is -2.34. The van der Waals surface area contributed by atoms with Gasteiger partial charge < -0.3 is 28.8 Å². The molecule has 8 unspecified atom stereocenters. The van der Waals surface area contributed by atoms with E-state index < -0.39 is 71.6 Å². The highest BCUT2D eigenvalue weighted by Crippen LogP contribution is 2.59. The number of aliphatic hydroxyl groups is 1. The number of epoxide rings is 1. The van der Waals surface area contributed by atoms with Gasteiger partial charge in [0.05, 0.1) is 24.2 Å². The number of ether oxygens (including phenoxy) is 5. The molecule has 184 valence electrons. The number of allylic oxidation sites excluding steroid dienone is 1. The van der Waals surface area contributed by atoms with Crippen molar-refractivity contribution in [3.63, 3.8) is 0 Å². The minimum atomic E-state index is -1.19. The zero-order valence-corrected chi connectivity index (χ0v) is 19.4. The van der Waals surface area contributed by atoms with Crippen LogP contribution in [0.15, 0.2) is 35.5 Å². The Bertz CT molecular complexity index is 1000. The molecule has 1 spiro atoms. The molecule has 0 amide bonds. The molecule has 2 saturated heterocycles. The molecule has 10 nitrogen and oxygen atoms in total. The van der Waals surface area contributed by atoms with Crippen LogP contribution in [0.1, 0.15) is 27.7 Å². The van der Waals surface area contributed by atoms with Crippen LogP contribution in [0.4, 0.5) is 0 Å². The molecule has 1 saturated carbocycles. The van der Waals surface area contributed by atoms with Crippen LogP contribution >= 0.6 is 0 Å². The Morgan fingerprint density at radius 3 is 2.47 bits per heavy atom. The van der Waals surface area contributed by atoms with E-state index in [4.69, 9.17) is 23.7 Å². The molecule has 1 N–H and O–H groups in total. The molecule has 3 fully saturated rings. The van der Waals surface area contributed by atoms with Gasteiger partial charge in [-0.15, -0.1) is 0 Å². The van der Waals surface area contributed by atoms with Gasteiger partial charge in [0.1, 0.15) is 18.3 Å². The quantitative estimate of drug-likeness (QED) is 0.199. The van der Waals surface area contributed by atoms with E-state index in [9.17, 15) is 24.3 Å². The molecule has 2 aliphatic carbocycles. The lowest BCUT2D eigenvalue weighted by molar-refractivity contribution is -0.176. The highest BCUT2D eigenvalue weighted by molar-refractivity contribution is 5.92. The Morgan fingerprint density at radius 1 is 1.24 bits per heavy atom. The maximum atomic E-state index is 13.1. The second kappa shape index (κ2) is 8.66. The van der Waals surface area contributed by atoms with Crippen molar-refractivity contribution in [3.05, 3.63) is 35.5 Å². The normalized spacial score (nSPS) is 38.3. The Kier molecular flexibility index (Phi) is 6.15. The van der Waals surface area contributed by atoms with Crippen molar-refractivity contribution < 1.29 is 48.0 Å². The van der Waals surface area contributed by atoms with E-state index >= 15 is 0 Å². The van der Waals surface area contributed by atoms with E-state index in [-0.39, 0.29) is 24.4 Å². The first kappa shape index (κ1) is 24.2. The van der Waals surface area contributed by atoms with Crippen molar-refractivity contribution in [2.45, 2.75) is 57.7 Å². The molecule has 0 aromatic rings. The fourth-order valence-electron chi connectivity index (χ4n) is 5.54. The van der Waals surface area contributed by atoms with Gasteiger partial charge in [-0.1, -0.05) is 24.3 Å². The minimum absolute atomic E-state index is 0.0653. The number of hydrogen-bond acceptors (Lipinski definition) is 10. The molecule has 0 aromatic carbocycles. The van der Waals surface area contributed by atoms with Crippen LogP contribution in [0.2, 0.25) is 0 Å². The molecular formula is C24H28O10. The first-order chi connectivity index (χ1) is 16.0. The van der Waals surface area contributed by atoms with Crippen molar-refractivity contribution in [2.75, 3.05) is 13.2 Å². The molecule has 10 heteroatoms. The maximum Gasteiger partial charge on any atom is 0.337 e. The molecule has 0 bridgehead atoms. The fraction of sp³-hybridized carbons (Fsp3) is 0.583. The monoisotopic (exact) mass is 476 g/mol. The summed E-state index contributed by atoms with van der Waals surface area (Å²) in [6, 6.07) is 0. The zero-order valence-electron chi connectivity index (χ0n) is 19.4. The van der Waals surface area contributed by atoms with Crippen LogP contribution in [0.5, 0.6) is 0 Å². The summed E-state index contributed by atoms with van der Waals surface area (Å²) in [6.07, 6.45) is -0.952. The van der Waals surface area contributed by atoms with Crippen molar-refractivity contribution in [1.82, 2.24) is 0 Å². The summed E-state index contributed by atoms with van der Waals surface area (Å²) in [7, 11) is 0. The Labute approximate surface area is 196 Å². The lowest BCUT2D eigenvalue weighted by Crippen LogP contribution is -2.52. The van der Waals surface area contributed by atoms with Gasteiger partial charge in [-0.05, 0) is 13.8 Å². The van der Waals surface area contributed by atoms with E-state index in [2.05, 4.69) is 6.58 Å². The van der Waals surface area contributed by atoms with Crippen molar-refractivity contribution in [2.24, 2.45) is 17.8 Å². The van der Waals surface area contributed by atoms with Crippen LogP contribution in [0, 0.1) is 17.8 Å². The van der Waals surface area contributed by atoms with Crippen molar-refractivity contribution in [1.29, 1.82) is 0 Å². The highest BCUT2D eigenvalue weighted by Gasteiger charge is 2.73. The van der Waals surface area contributed by atoms with Gasteiger partial charge in [-0.3, -0.25) is 9.59 Å². The average molecular weight is 476 g/mol. The summed E-state index contributed by atoms with van der Waals surface area (Å²) >= 11 is 0. The molecule has 0 radical (unpaired) electrons. The second-order valence-electron chi connectivity index (χ2n) is 9.11. The number of aliphatic hydroxyl groups excluding tert-OH is 1. The molecular weight excluding hydrogens is 448 g/mol. The molecule has 4 aliphatic rings. The Morgan fingerprint density at radius 2 is 1.91 bits per heavy atom. The van der Waals surface area contributed by atoms with Crippen molar-refractivity contribution in [3.8, 4) is 0 Å². The van der Waals surface area contributed by atoms with Crippen LogP contribution in [0.3, 0.4) is 0 Å². The van der Waals surface area contributed by atoms with Crippen LogP contribution in [-0.4, -0.2) is 72.2 Å². The van der Waals surface area contributed by atoms with Gasteiger partial charge in [0.15, 0.2) is 12.2 Å². The van der Waals surface area contributed by atoms with Gasteiger partial charge >= 0.3 is 23.9 Å². The van der Waals surface area contributed by atoms with Crippen LogP contribution in [0.25, 0.3) is 0 Å². The van der Waals surface area contributed by atoms with Gasteiger partial charge in [0.25, 0.3) is 0 Å². The second-order valence-corrected chi connectivity index (χ2v) is 9.11. The van der Waals surface area contributed by atoms with Crippen LogP contribution in [-0.2, 0) is 42.9 Å². The number of esters is 4. The van der Waals surface area contributed by atoms with Gasteiger partial charge in [0.2, 0.25) is 0 Å². The summed E-state index contributed by atoms with van der Waals surface area (Å²) in [4.78, 5) is 49.0. The van der Waals surface area contributed by atoms with E-state index in [1.165, 1.54) is 19.9 Å². The molecule has 8 atom stereocenters. The topological polar surface area (TPSA) is 138 Å². The molecule has 0 aromatic heterocycles. The number of rotatable bonds is 5. The highest BCUT2D eigenvalue weighted by atomic mass is 16.7. The summed E-state index contributed by atoms with van der Waals surface area (Å²) < 4.78 is 28.0. The van der Waals surface area contributed by atoms with E-state index in [1.807, 2.05) is 6.92 Å². The average Bonchev–Trinajstić information content (AvgIpc) is 3.42. The summed E-state index contributed by atoms with van der Waals surface area (Å²) in [5, 5.41) is 10.9. The molecule has 4 rings (SSSR count). The number of carbonyl (C=O) groups excluding carboxylic acids is 4. The van der Waals surface area contributed by atoms with E-state index in [0.717, 1.165) is 5.57 Å². The number of fused-ring (bicyclic) bond motifs is 4. The van der Waals surface area contributed by atoms with Crippen LogP contribution < -0.4 is 0 Å². The van der Waals surface area contributed by atoms with E-state index in [1.54, 1.807) is 13.0 Å². The standard InChI is InChI=1S/C24H28O10/c1-6-14(8-30-12(4)25)23(29)34-20-17-11(3)22(28)33-19(17)16-10(2)7-15(27)18(16)24(9-31-24)21(20)32-13(5)26/h6-7,15-21,27H,3,8-9H2,1-2,4-5H3. The van der Waals surface area contributed by atoms with E-state index in [0.29, 0.717) is 0 Å². The van der Waals surface area contributed by atoms with Gasteiger partial charge in [-0.2, -0.15) is 0 Å². The minimum Gasteiger partial charge on any atom is -0.461 e. The summed E-state index contributed by atoms with van der Waals surface area (Å²) in [6.45, 7) is 9.55. The smallest absolute Gasteiger partial charge is 0.337 e. The maximum absolute atomic E-state index is 13.1. The third-order valence-electron chi connectivity index (χ3n) is 7.08. The predicted octanol–water partition coefficient (Wildman–Crippen LogP) is 0.773. The molecule has 34 heavy (non-hydrogen) atoms. The zero-order chi connectivity index (χ0) is 24.9. The third kappa shape index (κ3) is 3.84. The Hall–Kier alpha value is -2.98. The van der Waals surface area contributed by atoms with Gasteiger partial charge in [-0.25, -0.2) is 9.59 Å². The fourth-order valence-corrected chi connectivity index (χ4v) is 5.54.